The first kappa shape index (κ1) is 18.9. The van der Waals surface area contributed by atoms with Crippen molar-refractivity contribution < 1.29 is 4.79 Å². The lowest BCUT2D eigenvalue weighted by Crippen LogP contribution is -2.18. The van der Waals surface area contributed by atoms with Gasteiger partial charge >= 0.3 is 0 Å². The van der Waals surface area contributed by atoms with E-state index in [-0.39, 0.29) is 10.7 Å². The van der Waals surface area contributed by atoms with Gasteiger partial charge in [-0.15, -0.1) is 0 Å². The number of fused-ring (bicyclic) bond motifs is 1. The molecule has 5 nitrogen and oxygen atoms in total. The van der Waals surface area contributed by atoms with Crippen LogP contribution in [0.2, 0.25) is 5.15 Å². The summed E-state index contributed by atoms with van der Waals surface area (Å²) < 4.78 is 2.26. The summed E-state index contributed by atoms with van der Waals surface area (Å²) in [5.74, 6) is -0.398. The van der Waals surface area contributed by atoms with E-state index < -0.39 is 5.91 Å². The SMILES string of the molecule is Cc1c(C=NNC(=O)c2cccnc2Cl)c2ccccc2n1Cc1ccccc1. The van der Waals surface area contributed by atoms with Gasteiger partial charge < -0.3 is 4.57 Å². The minimum absolute atomic E-state index is 0.149. The summed E-state index contributed by atoms with van der Waals surface area (Å²) in [6.45, 7) is 2.82. The van der Waals surface area contributed by atoms with Crippen molar-refractivity contribution in [3.8, 4) is 0 Å². The third-order valence-corrected chi connectivity index (χ3v) is 5.13. The van der Waals surface area contributed by atoms with Gasteiger partial charge in [-0.3, -0.25) is 4.79 Å². The van der Waals surface area contributed by atoms with E-state index in [1.54, 1.807) is 18.3 Å². The Morgan fingerprint density at radius 2 is 1.86 bits per heavy atom. The number of hydrazone groups is 1. The highest BCUT2D eigenvalue weighted by molar-refractivity contribution is 6.32. The highest BCUT2D eigenvalue weighted by Gasteiger charge is 2.13. The molecular formula is C23H19ClN4O. The molecule has 0 saturated heterocycles. The van der Waals surface area contributed by atoms with E-state index in [0.29, 0.717) is 0 Å². The maximum atomic E-state index is 12.3. The van der Waals surface area contributed by atoms with Crippen LogP contribution in [0.3, 0.4) is 0 Å². The summed E-state index contributed by atoms with van der Waals surface area (Å²) in [6, 6.07) is 21.8. The molecule has 0 fully saturated rings. The zero-order valence-corrected chi connectivity index (χ0v) is 16.6. The molecule has 0 aliphatic rings. The fraction of sp³-hybridized carbons (Fsp3) is 0.0870. The first-order chi connectivity index (χ1) is 14.1. The summed E-state index contributed by atoms with van der Waals surface area (Å²) in [7, 11) is 0. The Kier molecular flexibility index (Phi) is 5.40. The van der Waals surface area contributed by atoms with Gasteiger partial charge in [-0.25, -0.2) is 10.4 Å². The van der Waals surface area contributed by atoms with Gasteiger partial charge in [-0.1, -0.05) is 60.1 Å². The fourth-order valence-corrected chi connectivity index (χ4v) is 3.57. The quantitative estimate of drug-likeness (QED) is 0.296. The van der Waals surface area contributed by atoms with E-state index in [2.05, 4.69) is 51.3 Å². The molecule has 4 rings (SSSR count). The molecule has 0 unspecified atom stereocenters. The molecule has 2 heterocycles. The highest BCUT2D eigenvalue weighted by atomic mass is 35.5. The van der Waals surface area contributed by atoms with Crippen molar-refractivity contribution in [1.29, 1.82) is 0 Å². The number of amides is 1. The molecule has 0 aliphatic carbocycles. The van der Waals surface area contributed by atoms with E-state index in [4.69, 9.17) is 11.6 Å². The van der Waals surface area contributed by atoms with Crippen molar-refractivity contribution in [2.75, 3.05) is 0 Å². The predicted molar refractivity (Wildman–Crippen MR) is 117 cm³/mol. The summed E-state index contributed by atoms with van der Waals surface area (Å²) in [4.78, 5) is 16.2. The van der Waals surface area contributed by atoms with Crippen molar-refractivity contribution in [1.82, 2.24) is 15.0 Å². The Morgan fingerprint density at radius 1 is 1.10 bits per heavy atom. The van der Waals surface area contributed by atoms with Crippen molar-refractivity contribution in [2.45, 2.75) is 13.5 Å². The number of nitrogens with zero attached hydrogens (tertiary/aromatic N) is 3. The van der Waals surface area contributed by atoms with Crippen molar-refractivity contribution >= 4 is 34.6 Å². The van der Waals surface area contributed by atoms with Crippen LogP contribution in [0.4, 0.5) is 0 Å². The zero-order chi connectivity index (χ0) is 20.2. The van der Waals surface area contributed by atoms with Crippen molar-refractivity contribution in [3.05, 3.63) is 100 Å². The van der Waals surface area contributed by atoms with Gasteiger partial charge in [0.25, 0.3) is 5.91 Å². The first-order valence-corrected chi connectivity index (χ1v) is 9.58. The van der Waals surface area contributed by atoms with Gasteiger partial charge in [0.05, 0.1) is 11.8 Å². The van der Waals surface area contributed by atoms with Crippen molar-refractivity contribution in [2.24, 2.45) is 5.10 Å². The molecule has 1 N–H and O–H groups in total. The van der Waals surface area contributed by atoms with Gasteiger partial charge in [0.15, 0.2) is 0 Å². The largest absolute Gasteiger partial charge is 0.340 e. The van der Waals surface area contributed by atoms with Crippen molar-refractivity contribution in [3.63, 3.8) is 0 Å². The molecule has 0 atom stereocenters. The van der Waals surface area contributed by atoms with E-state index in [1.165, 1.54) is 11.8 Å². The maximum Gasteiger partial charge on any atom is 0.274 e. The minimum atomic E-state index is -0.398. The second kappa shape index (κ2) is 8.29. The number of hydrogen-bond donors (Lipinski definition) is 1. The van der Waals surface area contributed by atoms with E-state index in [1.807, 2.05) is 30.3 Å². The van der Waals surface area contributed by atoms with E-state index in [0.717, 1.165) is 28.7 Å². The van der Waals surface area contributed by atoms with Crippen LogP contribution in [0.15, 0.2) is 78.0 Å². The molecule has 4 aromatic rings. The lowest BCUT2D eigenvalue weighted by molar-refractivity contribution is 0.0955. The van der Waals surface area contributed by atoms with E-state index in [9.17, 15) is 4.79 Å². The topological polar surface area (TPSA) is 59.3 Å². The summed E-state index contributed by atoms with van der Waals surface area (Å²) in [6.07, 6.45) is 3.22. The van der Waals surface area contributed by atoms with Gasteiger partial charge in [-0.2, -0.15) is 5.10 Å². The highest BCUT2D eigenvalue weighted by Crippen LogP contribution is 2.25. The molecular weight excluding hydrogens is 384 g/mol. The standard InChI is InChI=1S/C23H19ClN4O/c1-16-20(14-26-27-23(29)19-11-7-13-25-22(19)24)18-10-5-6-12-21(18)28(16)15-17-8-3-2-4-9-17/h2-14H,15H2,1H3,(H,27,29). The average Bonchev–Trinajstić information content (AvgIpc) is 3.01. The molecule has 0 spiro atoms. The number of halogens is 1. The number of aromatic nitrogens is 2. The van der Waals surface area contributed by atoms with Crippen LogP contribution < -0.4 is 5.43 Å². The number of pyridine rings is 1. The number of para-hydroxylation sites is 1. The number of hydrogen-bond acceptors (Lipinski definition) is 3. The zero-order valence-electron chi connectivity index (χ0n) is 15.8. The van der Waals surface area contributed by atoms with Gasteiger partial charge in [-0.05, 0) is 30.7 Å². The third-order valence-electron chi connectivity index (χ3n) is 4.83. The molecule has 1 amide bonds. The molecule has 144 valence electrons. The number of carbonyl (C=O) groups is 1. The summed E-state index contributed by atoms with van der Waals surface area (Å²) in [5, 5.41) is 5.40. The Hall–Kier alpha value is -3.44. The Balaban J connectivity index is 1.64. The lowest BCUT2D eigenvalue weighted by Gasteiger charge is -2.08. The molecule has 0 bridgehead atoms. The minimum Gasteiger partial charge on any atom is -0.340 e. The average molecular weight is 403 g/mol. The molecule has 0 aliphatic heterocycles. The van der Waals surface area contributed by atoms with Crippen LogP contribution in [0.1, 0.15) is 27.2 Å². The predicted octanol–water partition coefficient (Wildman–Crippen LogP) is 4.81. The third kappa shape index (κ3) is 3.91. The Morgan fingerprint density at radius 3 is 2.66 bits per heavy atom. The smallest absolute Gasteiger partial charge is 0.274 e. The Labute approximate surface area is 173 Å². The normalized spacial score (nSPS) is 11.2. The van der Waals surface area contributed by atoms with Crippen LogP contribution >= 0.6 is 11.6 Å². The second-order valence-corrected chi connectivity index (χ2v) is 6.99. The fourth-order valence-electron chi connectivity index (χ4n) is 3.36. The molecule has 29 heavy (non-hydrogen) atoms. The van der Waals surface area contributed by atoms with Crippen LogP contribution in [0, 0.1) is 6.92 Å². The first-order valence-electron chi connectivity index (χ1n) is 9.21. The lowest BCUT2D eigenvalue weighted by atomic mass is 10.1. The van der Waals surface area contributed by atoms with Gasteiger partial charge in [0, 0.05) is 34.9 Å². The number of rotatable bonds is 5. The maximum absolute atomic E-state index is 12.3. The Bertz CT molecular complexity index is 1200. The molecule has 2 aromatic carbocycles. The van der Waals surface area contributed by atoms with Crippen LogP contribution in [-0.4, -0.2) is 21.7 Å². The second-order valence-electron chi connectivity index (χ2n) is 6.63. The summed E-state index contributed by atoms with van der Waals surface area (Å²) >= 11 is 5.97. The number of nitrogens with one attached hydrogen (secondary N) is 1. The summed E-state index contributed by atoms with van der Waals surface area (Å²) in [5.41, 5.74) is 7.21. The number of carbonyl (C=O) groups excluding carboxylic acids is 1. The van der Waals surface area contributed by atoms with Crippen LogP contribution in [0.5, 0.6) is 0 Å². The van der Waals surface area contributed by atoms with Gasteiger partial charge in [0.2, 0.25) is 0 Å². The molecule has 6 heteroatoms. The number of benzene rings is 2. The molecule has 0 radical (unpaired) electrons. The van der Waals surface area contributed by atoms with Gasteiger partial charge in [0.1, 0.15) is 5.15 Å². The molecule has 0 saturated carbocycles. The molecule has 2 aromatic heterocycles. The van der Waals surface area contributed by atoms with E-state index >= 15 is 0 Å². The van der Waals surface area contributed by atoms with Crippen LogP contribution in [-0.2, 0) is 6.54 Å². The monoisotopic (exact) mass is 402 g/mol. The van der Waals surface area contributed by atoms with Crippen LogP contribution in [0.25, 0.3) is 10.9 Å².